The number of hydrogen-bond donors (Lipinski definition) is 0. The van der Waals surface area contributed by atoms with E-state index in [9.17, 15) is 0 Å². The molecule has 2 atom stereocenters. The Morgan fingerprint density at radius 2 is 2.12 bits per heavy atom. The zero-order valence-electron chi connectivity index (χ0n) is 11.5. The van der Waals surface area contributed by atoms with Gasteiger partial charge in [0, 0.05) is 0 Å². The van der Waals surface area contributed by atoms with Crippen LogP contribution < -0.4 is 0 Å². The van der Waals surface area contributed by atoms with Crippen molar-refractivity contribution >= 4 is 0 Å². The lowest BCUT2D eigenvalue weighted by molar-refractivity contribution is -0.00952. The Bertz CT molecular complexity index is 341. The fourth-order valence-electron chi connectivity index (χ4n) is 2.55. The van der Waals surface area contributed by atoms with E-state index < -0.39 is 0 Å². The monoisotopic (exact) mass is 236 g/mol. The average Bonchev–Trinajstić information content (AvgIpc) is 2.72. The van der Waals surface area contributed by atoms with Crippen molar-refractivity contribution in [1.29, 1.82) is 0 Å². The highest BCUT2D eigenvalue weighted by Gasteiger charge is 2.31. The lowest BCUT2D eigenvalue weighted by Crippen LogP contribution is -2.27. The SMILES string of the molecule is CC1=CCOC1(C)CCCC1C=CC(C)(C)O1. The molecule has 0 aromatic heterocycles. The Morgan fingerprint density at radius 3 is 2.65 bits per heavy atom. The largest absolute Gasteiger partial charge is 0.367 e. The van der Waals surface area contributed by atoms with Gasteiger partial charge in [0.25, 0.3) is 0 Å². The highest BCUT2D eigenvalue weighted by molar-refractivity contribution is 5.17. The number of ether oxygens (including phenoxy) is 2. The predicted molar refractivity (Wildman–Crippen MR) is 70.1 cm³/mol. The molecule has 0 aliphatic carbocycles. The molecule has 0 spiro atoms. The molecule has 0 N–H and O–H groups in total. The molecule has 17 heavy (non-hydrogen) atoms. The molecular formula is C15H24O2. The molecule has 2 heteroatoms. The number of hydrogen-bond acceptors (Lipinski definition) is 2. The maximum Gasteiger partial charge on any atom is 0.0865 e. The molecular weight excluding hydrogens is 212 g/mol. The molecule has 2 rings (SSSR count). The van der Waals surface area contributed by atoms with Gasteiger partial charge in [-0.25, -0.2) is 0 Å². The van der Waals surface area contributed by atoms with E-state index in [0.29, 0.717) is 6.10 Å². The van der Waals surface area contributed by atoms with Crippen molar-refractivity contribution in [2.45, 2.75) is 64.3 Å². The molecule has 0 bridgehead atoms. The van der Waals surface area contributed by atoms with E-state index in [1.807, 2.05) is 0 Å². The van der Waals surface area contributed by atoms with Gasteiger partial charge in [-0.15, -0.1) is 0 Å². The van der Waals surface area contributed by atoms with Crippen LogP contribution >= 0.6 is 0 Å². The van der Waals surface area contributed by atoms with Crippen LogP contribution in [0.25, 0.3) is 0 Å². The van der Waals surface area contributed by atoms with E-state index in [0.717, 1.165) is 25.9 Å². The van der Waals surface area contributed by atoms with E-state index in [4.69, 9.17) is 9.47 Å². The van der Waals surface area contributed by atoms with Crippen LogP contribution in [0.1, 0.15) is 47.0 Å². The quantitative estimate of drug-likeness (QED) is 0.694. The minimum atomic E-state index is -0.0752. The Hall–Kier alpha value is -0.600. The third kappa shape index (κ3) is 2.99. The first-order chi connectivity index (χ1) is 7.91. The standard InChI is InChI=1S/C15H24O2/c1-12-8-11-16-15(12,4)9-5-6-13-7-10-14(2,3)17-13/h7-8,10,13H,5-6,9,11H2,1-4H3. The maximum atomic E-state index is 5.91. The molecule has 2 aliphatic heterocycles. The summed E-state index contributed by atoms with van der Waals surface area (Å²) >= 11 is 0. The molecule has 2 nitrogen and oxygen atoms in total. The predicted octanol–water partition coefficient (Wildman–Crippen LogP) is 3.63. The summed E-state index contributed by atoms with van der Waals surface area (Å²) in [6.45, 7) is 9.36. The topological polar surface area (TPSA) is 18.5 Å². The molecule has 0 aromatic carbocycles. The van der Waals surface area contributed by atoms with Gasteiger partial charge in [0.05, 0.1) is 23.9 Å². The fourth-order valence-corrected chi connectivity index (χ4v) is 2.55. The Kier molecular flexibility index (Phi) is 3.46. The fraction of sp³-hybridized carbons (Fsp3) is 0.733. The average molecular weight is 236 g/mol. The van der Waals surface area contributed by atoms with Crippen molar-refractivity contribution in [2.75, 3.05) is 6.61 Å². The second-order valence-corrected chi connectivity index (χ2v) is 5.94. The second kappa shape index (κ2) is 4.58. The third-order valence-electron chi connectivity index (χ3n) is 3.94. The second-order valence-electron chi connectivity index (χ2n) is 5.94. The molecule has 0 saturated carbocycles. The van der Waals surface area contributed by atoms with Crippen molar-refractivity contribution in [3.63, 3.8) is 0 Å². The first-order valence-corrected chi connectivity index (χ1v) is 6.60. The van der Waals surface area contributed by atoms with E-state index in [2.05, 4.69) is 45.9 Å². The van der Waals surface area contributed by atoms with Crippen LogP contribution in [0.3, 0.4) is 0 Å². The van der Waals surface area contributed by atoms with Crippen LogP contribution in [0.15, 0.2) is 23.8 Å². The van der Waals surface area contributed by atoms with Gasteiger partial charge < -0.3 is 9.47 Å². The molecule has 96 valence electrons. The minimum Gasteiger partial charge on any atom is -0.367 e. The van der Waals surface area contributed by atoms with Gasteiger partial charge >= 0.3 is 0 Å². The van der Waals surface area contributed by atoms with Gasteiger partial charge in [-0.05, 0) is 52.5 Å². The third-order valence-corrected chi connectivity index (χ3v) is 3.94. The van der Waals surface area contributed by atoms with Gasteiger partial charge in [0.15, 0.2) is 0 Å². The highest BCUT2D eigenvalue weighted by atomic mass is 16.5. The van der Waals surface area contributed by atoms with Gasteiger partial charge in [-0.1, -0.05) is 18.2 Å². The van der Waals surface area contributed by atoms with Crippen molar-refractivity contribution in [2.24, 2.45) is 0 Å². The molecule has 2 heterocycles. The lowest BCUT2D eigenvalue weighted by Gasteiger charge is -2.26. The summed E-state index contributed by atoms with van der Waals surface area (Å²) in [6.07, 6.45) is 10.2. The lowest BCUT2D eigenvalue weighted by atomic mass is 9.91. The van der Waals surface area contributed by atoms with Gasteiger partial charge in [-0.3, -0.25) is 0 Å². The van der Waals surface area contributed by atoms with E-state index >= 15 is 0 Å². The molecule has 0 aromatic rings. The van der Waals surface area contributed by atoms with Gasteiger partial charge in [-0.2, -0.15) is 0 Å². The summed E-state index contributed by atoms with van der Waals surface area (Å²) in [4.78, 5) is 0. The first-order valence-electron chi connectivity index (χ1n) is 6.60. The Labute approximate surface area is 105 Å². The summed E-state index contributed by atoms with van der Waals surface area (Å²) < 4.78 is 11.7. The summed E-state index contributed by atoms with van der Waals surface area (Å²) in [5.74, 6) is 0. The van der Waals surface area contributed by atoms with Crippen LogP contribution in [-0.4, -0.2) is 23.9 Å². The van der Waals surface area contributed by atoms with Crippen LogP contribution in [0, 0.1) is 0 Å². The summed E-state index contributed by atoms with van der Waals surface area (Å²) in [5.41, 5.74) is 1.27. The van der Waals surface area contributed by atoms with Crippen molar-refractivity contribution in [1.82, 2.24) is 0 Å². The molecule has 2 aliphatic rings. The molecule has 0 radical (unpaired) electrons. The zero-order chi connectivity index (χ0) is 12.5. The van der Waals surface area contributed by atoms with Gasteiger partial charge in [0.2, 0.25) is 0 Å². The Morgan fingerprint density at radius 1 is 1.35 bits per heavy atom. The van der Waals surface area contributed by atoms with Crippen LogP contribution in [0.2, 0.25) is 0 Å². The van der Waals surface area contributed by atoms with Crippen LogP contribution in [0.4, 0.5) is 0 Å². The molecule has 2 unspecified atom stereocenters. The normalized spacial score (nSPS) is 35.3. The zero-order valence-corrected chi connectivity index (χ0v) is 11.5. The highest BCUT2D eigenvalue weighted by Crippen LogP contribution is 2.33. The van der Waals surface area contributed by atoms with Crippen molar-refractivity contribution < 1.29 is 9.47 Å². The van der Waals surface area contributed by atoms with E-state index in [1.165, 1.54) is 5.57 Å². The van der Waals surface area contributed by atoms with E-state index in [1.54, 1.807) is 0 Å². The maximum absolute atomic E-state index is 5.91. The summed E-state index contributed by atoms with van der Waals surface area (Å²) in [7, 11) is 0. The van der Waals surface area contributed by atoms with Crippen molar-refractivity contribution in [3.8, 4) is 0 Å². The van der Waals surface area contributed by atoms with E-state index in [-0.39, 0.29) is 11.2 Å². The molecule has 0 fully saturated rings. The van der Waals surface area contributed by atoms with Gasteiger partial charge in [0.1, 0.15) is 0 Å². The number of rotatable bonds is 4. The van der Waals surface area contributed by atoms with Crippen LogP contribution in [0.5, 0.6) is 0 Å². The summed E-state index contributed by atoms with van der Waals surface area (Å²) in [5, 5.41) is 0. The van der Waals surface area contributed by atoms with Crippen molar-refractivity contribution in [3.05, 3.63) is 23.8 Å². The first kappa shape index (κ1) is 12.8. The molecule has 0 saturated heterocycles. The smallest absolute Gasteiger partial charge is 0.0865 e. The Balaban J connectivity index is 1.74. The molecule has 0 amide bonds. The minimum absolute atomic E-state index is 0.0299. The summed E-state index contributed by atoms with van der Waals surface area (Å²) in [6, 6.07) is 0. The van der Waals surface area contributed by atoms with Crippen LogP contribution in [-0.2, 0) is 9.47 Å².